The van der Waals surface area contributed by atoms with E-state index in [0.29, 0.717) is 11.5 Å². The number of hydrogen-bond acceptors (Lipinski definition) is 5. The lowest BCUT2D eigenvalue weighted by Crippen LogP contribution is -2.28. The molecule has 4 atom stereocenters. The molecule has 2 aromatic rings. The van der Waals surface area contributed by atoms with Gasteiger partial charge in [0.25, 0.3) is 5.56 Å². The zero-order valence-electron chi connectivity index (χ0n) is 13.9. The number of alkyl halides is 1. The van der Waals surface area contributed by atoms with Gasteiger partial charge in [-0.3, -0.25) is 9.36 Å². The summed E-state index contributed by atoms with van der Waals surface area (Å²) in [5.41, 5.74) is 0.510. The van der Waals surface area contributed by atoms with Crippen LogP contribution in [0.5, 0.6) is 0 Å². The predicted molar refractivity (Wildman–Crippen MR) is 106 cm³/mol. The fourth-order valence-corrected chi connectivity index (χ4v) is 4.80. The van der Waals surface area contributed by atoms with Crippen molar-refractivity contribution >= 4 is 46.9 Å². The molecule has 7 nitrogen and oxygen atoms in total. The summed E-state index contributed by atoms with van der Waals surface area (Å²) in [6.07, 6.45) is 6.33. The van der Waals surface area contributed by atoms with Gasteiger partial charge < -0.3 is 14.8 Å². The normalized spacial score (nSPS) is 27.9. The zero-order chi connectivity index (χ0) is 17.6. The van der Waals surface area contributed by atoms with E-state index < -0.39 is 19.2 Å². The van der Waals surface area contributed by atoms with Crippen molar-refractivity contribution < 1.29 is 9.84 Å². The lowest BCUT2D eigenvalue weighted by molar-refractivity contribution is -0.0173. The molecule has 0 bridgehead atoms. The van der Waals surface area contributed by atoms with Gasteiger partial charge in [0.1, 0.15) is 5.82 Å². The second-order valence-corrected chi connectivity index (χ2v) is 12.7. The molecule has 132 valence electrons. The molecule has 1 aliphatic heterocycles. The Morgan fingerprint density at radius 1 is 1.54 bits per heavy atom. The summed E-state index contributed by atoms with van der Waals surface area (Å²) in [6.45, 7) is 4.91. The molecule has 0 amide bonds. The molecule has 9 heteroatoms. The first kappa shape index (κ1) is 18.1. The zero-order valence-corrected chi connectivity index (χ0v) is 17.0. The molecule has 2 N–H and O–H groups in total. The standard InChI is InChI=1S/C15H22IN4O3P/c1-8-18-13-11(14(22)19-8)17-7-20(13)15-10(16)12(21)9(23-15)5-6-24(2,3)4/h7,9-10,12,15,21H,2,5-6H2,1,3-4H3,(H,18,19,22)/t9-,10-,12-,15-/m1/s1. The van der Waals surface area contributed by atoms with E-state index in [2.05, 4.69) is 57.2 Å². The lowest BCUT2D eigenvalue weighted by Gasteiger charge is -2.19. The second kappa shape index (κ2) is 6.55. The number of aliphatic hydroxyl groups is 1. The Morgan fingerprint density at radius 3 is 2.92 bits per heavy atom. The van der Waals surface area contributed by atoms with Gasteiger partial charge in [-0.1, -0.05) is 22.6 Å². The first-order valence-corrected chi connectivity index (χ1v) is 12.1. The highest BCUT2D eigenvalue weighted by atomic mass is 127. The van der Waals surface area contributed by atoms with E-state index in [1.807, 2.05) is 0 Å². The fourth-order valence-electron chi connectivity index (χ4n) is 2.86. The summed E-state index contributed by atoms with van der Waals surface area (Å²) >= 11 is 2.20. The highest BCUT2D eigenvalue weighted by Crippen LogP contribution is 2.41. The molecule has 1 aliphatic rings. The molecule has 1 saturated heterocycles. The quantitative estimate of drug-likeness (QED) is 0.408. The first-order valence-electron chi connectivity index (χ1n) is 7.76. The van der Waals surface area contributed by atoms with E-state index in [0.717, 1.165) is 12.6 Å². The number of rotatable bonds is 4. The second-order valence-electron chi connectivity index (χ2n) is 6.92. The number of imidazole rings is 1. The average Bonchev–Trinajstić information content (AvgIpc) is 3.00. The number of aromatic amines is 1. The van der Waals surface area contributed by atoms with Crippen molar-refractivity contribution in [1.82, 2.24) is 19.5 Å². The number of aliphatic hydroxyl groups excluding tert-OH is 1. The van der Waals surface area contributed by atoms with Gasteiger partial charge in [-0.25, -0.2) is 9.97 Å². The highest BCUT2D eigenvalue weighted by molar-refractivity contribution is 14.1. The van der Waals surface area contributed by atoms with Crippen molar-refractivity contribution in [2.24, 2.45) is 0 Å². The minimum Gasteiger partial charge on any atom is -0.389 e. The number of aromatic nitrogens is 4. The van der Waals surface area contributed by atoms with Crippen molar-refractivity contribution in [3.05, 3.63) is 22.5 Å². The minimum atomic E-state index is -1.17. The summed E-state index contributed by atoms with van der Waals surface area (Å²) in [7, 11) is 0. The van der Waals surface area contributed by atoms with E-state index >= 15 is 0 Å². The maximum atomic E-state index is 12.0. The molecule has 3 rings (SSSR count). The fraction of sp³-hybridized carbons (Fsp3) is 0.600. The van der Waals surface area contributed by atoms with Gasteiger partial charge in [0.05, 0.1) is 22.5 Å². The molecular weight excluding hydrogens is 442 g/mol. The van der Waals surface area contributed by atoms with Crippen LogP contribution in [0.3, 0.4) is 0 Å². The highest BCUT2D eigenvalue weighted by Gasteiger charge is 2.43. The molecule has 24 heavy (non-hydrogen) atoms. The van der Waals surface area contributed by atoms with Crippen LogP contribution >= 0.6 is 29.5 Å². The molecule has 3 heterocycles. The number of H-pyrrole nitrogens is 1. The van der Waals surface area contributed by atoms with Gasteiger partial charge in [0, 0.05) is 0 Å². The van der Waals surface area contributed by atoms with Crippen molar-refractivity contribution in [1.29, 1.82) is 0 Å². The Kier molecular flexibility index (Phi) is 4.94. The summed E-state index contributed by atoms with van der Waals surface area (Å²) < 4.78 is 7.73. The number of ether oxygens (including phenoxy) is 1. The van der Waals surface area contributed by atoms with Crippen LogP contribution in [-0.4, -0.2) is 66.5 Å². The SMILES string of the molecule is C=P(C)(C)CC[C@H]1O[C@@H](n2cnc3c(=O)[nH]c(C)nc32)[C@H](I)[C@@H]1O. The predicted octanol–water partition coefficient (Wildman–Crippen LogP) is 1.59. The van der Waals surface area contributed by atoms with Gasteiger partial charge in [-0.05, 0) is 32.8 Å². The molecule has 0 aromatic carbocycles. The Hall–Kier alpha value is -0.700. The molecular formula is C15H22IN4O3P. The molecule has 0 spiro atoms. The Balaban J connectivity index is 1.90. The summed E-state index contributed by atoms with van der Waals surface area (Å²) in [4.78, 5) is 23.2. The molecule has 0 radical (unpaired) electrons. The van der Waals surface area contributed by atoms with Crippen molar-refractivity contribution in [2.75, 3.05) is 19.5 Å². The first-order chi connectivity index (χ1) is 11.2. The maximum absolute atomic E-state index is 12.0. The van der Waals surface area contributed by atoms with Crippen LogP contribution in [0, 0.1) is 6.92 Å². The van der Waals surface area contributed by atoms with Gasteiger partial charge in [0.15, 0.2) is 17.4 Å². The topological polar surface area (TPSA) is 93.0 Å². The Labute approximate surface area is 154 Å². The molecule has 0 unspecified atom stereocenters. The van der Waals surface area contributed by atoms with Crippen LogP contribution in [0.15, 0.2) is 11.1 Å². The van der Waals surface area contributed by atoms with E-state index in [4.69, 9.17) is 4.74 Å². The number of aryl methyl sites for hydroxylation is 1. The summed E-state index contributed by atoms with van der Waals surface area (Å²) in [6, 6.07) is 0. The van der Waals surface area contributed by atoms with Crippen LogP contribution in [0.25, 0.3) is 11.2 Å². The third-order valence-corrected chi connectivity index (χ3v) is 6.96. The summed E-state index contributed by atoms with van der Waals surface area (Å²) in [5.74, 6) is 0.526. The number of hydrogen-bond donors (Lipinski definition) is 2. The van der Waals surface area contributed by atoms with Crippen LogP contribution in [-0.2, 0) is 4.74 Å². The molecule has 0 aliphatic carbocycles. The lowest BCUT2D eigenvalue weighted by atomic mass is 10.1. The van der Waals surface area contributed by atoms with Crippen LogP contribution in [0.4, 0.5) is 0 Å². The van der Waals surface area contributed by atoms with Crippen LogP contribution < -0.4 is 5.56 Å². The van der Waals surface area contributed by atoms with Gasteiger partial charge >= 0.3 is 0 Å². The average molecular weight is 464 g/mol. The Morgan fingerprint density at radius 2 is 2.25 bits per heavy atom. The monoisotopic (exact) mass is 464 g/mol. The number of fused-ring (bicyclic) bond motifs is 1. The molecule has 2 aromatic heterocycles. The van der Waals surface area contributed by atoms with Gasteiger partial charge in [-0.2, -0.15) is 0 Å². The van der Waals surface area contributed by atoms with Crippen LogP contribution in [0.1, 0.15) is 18.5 Å². The van der Waals surface area contributed by atoms with Crippen molar-refractivity contribution in [3.63, 3.8) is 0 Å². The Bertz CT molecular complexity index is 858. The van der Waals surface area contributed by atoms with Crippen molar-refractivity contribution in [2.45, 2.75) is 35.7 Å². The van der Waals surface area contributed by atoms with Crippen molar-refractivity contribution in [3.8, 4) is 0 Å². The largest absolute Gasteiger partial charge is 0.389 e. The molecule has 1 fully saturated rings. The van der Waals surface area contributed by atoms with E-state index in [-0.39, 0.29) is 21.1 Å². The number of halogens is 1. The summed E-state index contributed by atoms with van der Waals surface area (Å²) in [5, 5.41) is 10.5. The molecule has 0 saturated carbocycles. The van der Waals surface area contributed by atoms with E-state index in [1.54, 1.807) is 17.8 Å². The van der Waals surface area contributed by atoms with Gasteiger partial charge in [0.2, 0.25) is 0 Å². The minimum absolute atomic E-state index is 0.141. The van der Waals surface area contributed by atoms with Gasteiger partial charge in [-0.15, -0.1) is 13.2 Å². The third-order valence-electron chi connectivity index (χ3n) is 4.14. The smallest absolute Gasteiger partial charge is 0.279 e. The number of nitrogens with one attached hydrogen (secondary N) is 1. The third kappa shape index (κ3) is 3.47. The maximum Gasteiger partial charge on any atom is 0.279 e. The number of nitrogens with zero attached hydrogens (tertiary/aromatic N) is 3. The van der Waals surface area contributed by atoms with Crippen LogP contribution in [0.2, 0.25) is 0 Å². The van der Waals surface area contributed by atoms with E-state index in [1.165, 1.54) is 0 Å². The van der Waals surface area contributed by atoms with E-state index in [9.17, 15) is 9.90 Å².